The Morgan fingerprint density at radius 2 is 2.17 bits per heavy atom. The summed E-state index contributed by atoms with van der Waals surface area (Å²) in [4.78, 5) is 25.5. The number of hydrogen-bond donors (Lipinski definition) is 1. The van der Waals surface area contributed by atoms with Crippen LogP contribution < -0.4 is 5.56 Å². The molecule has 1 amide bonds. The second-order valence-electron chi connectivity index (χ2n) is 5.51. The minimum Gasteiger partial charge on any atom is -0.342 e. The number of nitrogens with zero attached hydrogens (tertiary/aromatic N) is 2. The van der Waals surface area contributed by atoms with Gasteiger partial charge in [0.05, 0.1) is 0 Å². The first-order chi connectivity index (χ1) is 8.65. The van der Waals surface area contributed by atoms with Crippen molar-refractivity contribution in [2.75, 3.05) is 13.1 Å². The average molecular weight is 249 g/mol. The van der Waals surface area contributed by atoms with Gasteiger partial charge in [-0.05, 0) is 19.3 Å². The summed E-state index contributed by atoms with van der Waals surface area (Å²) in [6, 6.07) is 1.65. The van der Waals surface area contributed by atoms with Gasteiger partial charge in [0.15, 0.2) is 0 Å². The fourth-order valence-corrected chi connectivity index (χ4v) is 2.85. The zero-order valence-electron chi connectivity index (χ0n) is 10.7. The van der Waals surface area contributed by atoms with Gasteiger partial charge in [0.1, 0.15) is 0 Å². The molecule has 98 valence electrons. The lowest BCUT2D eigenvalue weighted by atomic mass is 9.84. The summed E-state index contributed by atoms with van der Waals surface area (Å²) >= 11 is 0. The first-order valence-corrected chi connectivity index (χ1v) is 6.70. The van der Waals surface area contributed by atoms with Crippen LogP contribution in [0.2, 0.25) is 0 Å². The van der Waals surface area contributed by atoms with Gasteiger partial charge in [-0.3, -0.25) is 19.4 Å². The largest absolute Gasteiger partial charge is 0.342 e. The Kier molecular flexibility index (Phi) is 2.76. The van der Waals surface area contributed by atoms with E-state index in [9.17, 15) is 9.59 Å². The molecule has 1 N–H and O–H groups in total. The van der Waals surface area contributed by atoms with Crippen molar-refractivity contribution < 1.29 is 4.79 Å². The normalized spacial score (nSPS) is 24.3. The monoisotopic (exact) mass is 249 g/mol. The average Bonchev–Trinajstić information content (AvgIpc) is 2.84. The van der Waals surface area contributed by atoms with Crippen molar-refractivity contribution in [2.24, 2.45) is 13.0 Å². The highest BCUT2D eigenvalue weighted by molar-refractivity contribution is 5.80. The van der Waals surface area contributed by atoms with Crippen LogP contribution in [-0.4, -0.2) is 33.7 Å². The standard InChI is InChI=1S/C13H19N3O2/c1-15-12(17)7-11(14-15)10-5-6-16(8-10)13(18)9-3-2-4-9/h7,9-10,14H,2-6,8H2,1H3. The van der Waals surface area contributed by atoms with Gasteiger partial charge < -0.3 is 4.90 Å². The third-order valence-corrected chi connectivity index (χ3v) is 4.30. The molecule has 1 unspecified atom stereocenters. The fourth-order valence-electron chi connectivity index (χ4n) is 2.85. The molecule has 0 spiro atoms. The third-order valence-electron chi connectivity index (χ3n) is 4.30. The number of aromatic nitrogens is 2. The van der Waals surface area contributed by atoms with Gasteiger partial charge >= 0.3 is 0 Å². The summed E-state index contributed by atoms with van der Waals surface area (Å²) in [5.74, 6) is 0.892. The Labute approximate surface area is 106 Å². The zero-order chi connectivity index (χ0) is 12.7. The molecule has 5 heteroatoms. The van der Waals surface area contributed by atoms with E-state index in [1.807, 2.05) is 4.90 Å². The Morgan fingerprint density at radius 1 is 1.39 bits per heavy atom. The minimum atomic E-state index is -0.00577. The SMILES string of the molecule is Cn1[nH]c(C2CCN(C(=O)C3CCC3)C2)cc1=O. The highest BCUT2D eigenvalue weighted by Gasteiger charge is 2.34. The molecule has 0 bridgehead atoms. The lowest BCUT2D eigenvalue weighted by molar-refractivity contribution is -0.137. The van der Waals surface area contributed by atoms with Crippen molar-refractivity contribution in [1.29, 1.82) is 0 Å². The molecule has 2 fully saturated rings. The van der Waals surface area contributed by atoms with Crippen molar-refractivity contribution in [3.05, 3.63) is 22.1 Å². The highest BCUT2D eigenvalue weighted by atomic mass is 16.2. The maximum atomic E-state index is 12.1. The van der Waals surface area contributed by atoms with Crippen molar-refractivity contribution in [3.8, 4) is 0 Å². The second kappa shape index (κ2) is 4.30. The Balaban J connectivity index is 1.67. The van der Waals surface area contributed by atoms with Crippen molar-refractivity contribution in [3.63, 3.8) is 0 Å². The van der Waals surface area contributed by atoms with Crippen LogP contribution in [0.1, 0.15) is 37.3 Å². The molecule has 1 aliphatic heterocycles. The molecule has 1 aliphatic carbocycles. The molecule has 5 nitrogen and oxygen atoms in total. The van der Waals surface area contributed by atoms with Gasteiger partial charge in [0.2, 0.25) is 5.91 Å². The third kappa shape index (κ3) is 1.87. The second-order valence-corrected chi connectivity index (χ2v) is 5.51. The molecule has 1 saturated carbocycles. The lowest BCUT2D eigenvalue weighted by Crippen LogP contribution is -2.37. The molecule has 1 saturated heterocycles. The quantitative estimate of drug-likeness (QED) is 0.844. The van der Waals surface area contributed by atoms with Crippen LogP contribution in [0.15, 0.2) is 10.9 Å². The van der Waals surface area contributed by atoms with Crippen LogP contribution in [0.3, 0.4) is 0 Å². The number of aryl methyl sites for hydroxylation is 1. The van der Waals surface area contributed by atoms with E-state index in [1.165, 1.54) is 11.1 Å². The molecule has 1 aromatic rings. The van der Waals surface area contributed by atoms with E-state index < -0.39 is 0 Å². The van der Waals surface area contributed by atoms with Crippen LogP contribution in [0.5, 0.6) is 0 Å². The van der Waals surface area contributed by atoms with Gasteiger partial charge in [0, 0.05) is 43.7 Å². The number of rotatable bonds is 2. The molecule has 2 heterocycles. The number of nitrogens with one attached hydrogen (secondary N) is 1. The van der Waals surface area contributed by atoms with E-state index in [4.69, 9.17) is 0 Å². The van der Waals surface area contributed by atoms with Gasteiger partial charge in [-0.1, -0.05) is 6.42 Å². The van der Waals surface area contributed by atoms with Crippen LogP contribution in [-0.2, 0) is 11.8 Å². The van der Waals surface area contributed by atoms with Gasteiger partial charge in [-0.15, -0.1) is 0 Å². The maximum absolute atomic E-state index is 12.1. The van der Waals surface area contributed by atoms with Gasteiger partial charge in [-0.2, -0.15) is 0 Å². The molecule has 3 rings (SSSR count). The Morgan fingerprint density at radius 3 is 2.72 bits per heavy atom. The maximum Gasteiger partial charge on any atom is 0.266 e. The summed E-state index contributed by atoms with van der Waals surface area (Å²) in [5.41, 5.74) is 0.958. The van der Waals surface area contributed by atoms with E-state index >= 15 is 0 Å². The summed E-state index contributed by atoms with van der Waals surface area (Å²) < 4.78 is 1.49. The highest BCUT2D eigenvalue weighted by Crippen LogP contribution is 2.32. The van der Waals surface area contributed by atoms with Gasteiger partial charge in [-0.25, -0.2) is 0 Å². The Hall–Kier alpha value is -1.52. The Bertz CT molecular complexity index is 513. The van der Waals surface area contributed by atoms with Crippen LogP contribution >= 0.6 is 0 Å². The first-order valence-electron chi connectivity index (χ1n) is 6.70. The molecule has 1 atom stereocenters. The molecule has 1 aromatic heterocycles. The van der Waals surface area contributed by atoms with Crippen molar-refractivity contribution >= 4 is 5.91 Å². The molecule has 2 aliphatic rings. The first kappa shape index (κ1) is 11.6. The molecule has 0 aromatic carbocycles. The number of carbonyl (C=O) groups is 1. The molecule has 18 heavy (non-hydrogen) atoms. The van der Waals surface area contributed by atoms with Crippen molar-refractivity contribution in [1.82, 2.24) is 14.7 Å². The number of likely N-dealkylation sites (tertiary alicyclic amines) is 1. The topological polar surface area (TPSA) is 58.1 Å². The van der Waals surface area contributed by atoms with E-state index in [2.05, 4.69) is 5.10 Å². The van der Waals surface area contributed by atoms with Crippen LogP contribution in [0.4, 0.5) is 0 Å². The summed E-state index contributed by atoms with van der Waals surface area (Å²) in [6.45, 7) is 1.59. The molecular weight excluding hydrogens is 230 g/mol. The number of hydrogen-bond acceptors (Lipinski definition) is 2. The number of aromatic amines is 1. The zero-order valence-corrected chi connectivity index (χ0v) is 10.7. The van der Waals surface area contributed by atoms with E-state index in [0.29, 0.717) is 11.8 Å². The van der Waals surface area contributed by atoms with Crippen LogP contribution in [0.25, 0.3) is 0 Å². The lowest BCUT2D eigenvalue weighted by Gasteiger charge is -2.29. The number of carbonyl (C=O) groups excluding carboxylic acids is 1. The van der Waals surface area contributed by atoms with E-state index in [1.54, 1.807) is 13.1 Å². The number of H-pyrrole nitrogens is 1. The summed E-state index contributed by atoms with van der Waals surface area (Å²) in [5, 5.41) is 3.07. The number of amides is 1. The molecule has 0 radical (unpaired) electrons. The predicted octanol–water partition coefficient (Wildman–Crippen LogP) is 0.829. The fraction of sp³-hybridized carbons (Fsp3) is 0.692. The predicted molar refractivity (Wildman–Crippen MR) is 67.3 cm³/mol. The molecular formula is C13H19N3O2. The van der Waals surface area contributed by atoms with Crippen molar-refractivity contribution in [2.45, 2.75) is 31.6 Å². The van der Waals surface area contributed by atoms with Crippen LogP contribution in [0, 0.1) is 5.92 Å². The van der Waals surface area contributed by atoms with Gasteiger partial charge in [0.25, 0.3) is 5.56 Å². The summed E-state index contributed by atoms with van der Waals surface area (Å²) in [7, 11) is 1.72. The smallest absolute Gasteiger partial charge is 0.266 e. The van der Waals surface area contributed by atoms with E-state index in [0.717, 1.165) is 38.0 Å². The minimum absolute atomic E-state index is 0.00577. The summed E-state index contributed by atoms with van der Waals surface area (Å²) in [6.07, 6.45) is 4.27. The van der Waals surface area contributed by atoms with E-state index in [-0.39, 0.29) is 11.5 Å².